The van der Waals surface area contributed by atoms with Crippen LogP contribution < -0.4 is 5.32 Å². The average Bonchev–Trinajstić information content (AvgIpc) is 2.83. The van der Waals surface area contributed by atoms with E-state index in [4.69, 9.17) is 0 Å². The van der Waals surface area contributed by atoms with Gasteiger partial charge in [0.05, 0.1) is 6.10 Å². The van der Waals surface area contributed by atoms with Crippen LogP contribution >= 0.6 is 11.3 Å². The largest absolute Gasteiger partial charge is 0.392 e. The van der Waals surface area contributed by atoms with E-state index in [2.05, 4.69) is 35.0 Å². The van der Waals surface area contributed by atoms with Crippen molar-refractivity contribution in [2.24, 2.45) is 5.92 Å². The van der Waals surface area contributed by atoms with Gasteiger partial charge in [-0.2, -0.15) is 0 Å². The third-order valence-corrected chi connectivity index (χ3v) is 4.88. The highest BCUT2D eigenvalue weighted by Crippen LogP contribution is 2.28. The van der Waals surface area contributed by atoms with E-state index in [9.17, 15) is 5.11 Å². The van der Waals surface area contributed by atoms with Crippen molar-refractivity contribution in [3.63, 3.8) is 0 Å². The first-order valence-electron chi connectivity index (χ1n) is 6.68. The summed E-state index contributed by atoms with van der Waals surface area (Å²) in [6.07, 6.45) is 2.91. The molecule has 18 heavy (non-hydrogen) atoms. The third kappa shape index (κ3) is 2.44. The summed E-state index contributed by atoms with van der Waals surface area (Å²) in [7, 11) is 0. The predicted octanol–water partition coefficient (Wildman–Crippen LogP) is 2.80. The summed E-state index contributed by atoms with van der Waals surface area (Å²) in [5, 5.41) is 17.3. The Kier molecular flexibility index (Phi) is 3.64. The highest BCUT2D eigenvalue weighted by atomic mass is 32.1. The van der Waals surface area contributed by atoms with Gasteiger partial charge in [0.2, 0.25) is 0 Å². The van der Waals surface area contributed by atoms with Gasteiger partial charge in [-0.1, -0.05) is 18.2 Å². The highest BCUT2D eigenvalue weighted by molar-refractivity contribution is 7.17. The van der Waals surface area contributed by atoms with Gasteiger partial charge in [0.15, 0.2) is 0 Å². The molecule has 1 aromatic heterocycles. The van der Waals surface area contributed by atoms with Gasteiger partial charge in [-0.05, 0) is 47.7 Å². The lowest BCUT2D eigenvalue weighted by Gasteiger charge is -2.27. The number of nitrogens with one attached hydrogen (secondary N) is 1. The van der Waals surface area contributed by atoms with E-state index in [-0.39, 0.29) is 6.10 Å². The number of hydrogen-bond donors (Lipinski definition) is 2. The zero-order chi connectivity index (χ0) is 12.4. The monoisotopic (exact) mass is 261 g/mol. The number of aliphatic hydroxyl groups excluding tert-OH is 1. The minimum atomic E-state index is -0.212. The quantitative estimate of drug-likeness (QED) is 0.890. The van der Waals surface area contributed by atoms with Crippen LogP contribution in [0.15, 0.2) is 29.6 Å². The molecule has 0 saturated carbocycles. The van der Waals surface area contributed by atoms with Gasteiger partial charge in [0.25, 0.3) is 0 Å². The molecular weight excluding hydrogens is 242 g/mol. The lowest BCUT2D eigenvalue weighted by Crippen LogP contribution is -2.37. The van der Waals surface area contributed by atoms with Crippen LogP contribution in [-0.4, -0.2) is 24.3 Å². The Morgan fingerprint density at radius 1 is 1.39 bits per heavy atom. The molecule has 1 fully saturated rings. The molecular formula is C15H19NOS. The number of fused-ring (bicyclic) bond motifs is 1. The fourth-order valence-electron chi connectivity index (χ4n) is 2.79. The SMILES string of the molecule is OC(Cc1csc2ccccc12)C1CCCNC1. The summed E-state index contributed by atoms with van der Waals surface area (Å²) in [6, 6.07) is 8.46. The summed E-state index contributed by atoms with van der Waals surface area (Å²) in [4.78, 5) is 0. The minimum Gasteiger partial charge on any atom is -0.392 e. The van der Waals surface area contributed by atoms with Crippen molar-refractivity contribution in [1.29, 1.82) is 0 Å². The summed E-state index contributed by atoms with van der Waals surface area (Å²) < 4.78 is 1.32. The predicted molar refractivity (Wildman–Crippen MR) is 77.1 cm³/mol. The number of rotatable bonds is 3. The molecule has 2 unspecified atom stereocenters. The van der Waals surface area contributed by atoms with Gasteiger partial charge in [-0.15, -0.1) is 11.3 Å². The van der Waals surface area contributed by atoms with Crippen LogP contribution in [0.4, 0.5) is 0 Å². The standard InChI is InChI=1S/C15H19NOS/c17-14(11-4-3-7-16-9-11)8-12-10-18-15-6-2-1-5-13(12)15/h1-2,5-6,10-11,14,16-17H,3-4,7-9H2. The van der Waals surface area contributed by atoms with Crippen molar-refractivity contribution in [2.75, 3.05) is 13.1 Å². The van der Waals surface area contributed by atoms with E-state index < -0.39 is 0 Å². The summed E-state index contributed by atoms with van der Waals surface area (Å²) in [5.74, 6) is 0.414. The van der Waals surface area contributed by atoms with E-state index in [1.54, 1.807) is 11.3 Å². The Bertz CT molecular complexity index is 516. The van der Waals surface area contributed by atoms with Crippen LogP contribution in [0.1, 0.15) is 18.4 Å². The van der Waals surface area contributed by atoms with Gasteiger partial charge in [0, 0.05) is 17.7 Å². The molecule has 1 saturated heterocycles. The smallest absolute Gasteiger partial charge is 0.0621 e. The second-order valence-electron chi connectivity index (χ2n) is 5.14. The number of piperidine rings is 1. The van der Waals surface area contributed by atoms with Crippen LogP contribution in [0.2, 0.25) is 0 Å². The van der Waals surface area contributed by atoms with Crippen molar-refractivity contribution < 1.29 is 5.11 Å². The van der Waals surface area contributed by atoms with Crippen molar-refractivity contribution in [3.8, 4) is 0 Å². The lowest BCUT2D eigenvalue weighted by atomic mass is 9.90. The summed E-state index contributed by atoms with van der Waals surface area (Å²) >= 11 is 1.78. The molecule has 2 atom stereocenters. The van der Waals surface area contributed by atoms with Crippen molar-refractivity contribution in [3.05, 3.63) is 35.2 Å². The van der Waals surface area contributed by atoms with E-state index in [0.717, 1.165) is 25.9 Å². The highest BCUT2D eigenvalue weighted by Gasteiger charge is 2.22. The van der Waals surface area contributed by atoms with Crippen LogP contribution in [0.5, 0.6) is 0 Å². The number of aliphatic hydroxyl groups is 1. The molecule has 3 heteroatoms. The Morgan fingerprint density at radius 3 is 3.11 bits per heavy atom. The van der Waals surface area contributed by atoms with Gasteiger partial charge in [-0.25, -0.2) is 0 Å². The topological polar surface area (TPSA) is 32.3 Å². The number of benzene rings is 1. The molecule has 2 heterocycles. The fourth-order valence-corrected chi connectivity index (χ4v) is 3.77. The number of hydrogen-bond acceptors (Lipinski definition) is 3. The first kappa shape index (κ1) is 12.2. The summed E-state index contributed by atoms with van der Waals surface area (Å²) in [6.45, 7) is 2.06. The molecule has 96 valence electrons. The number of thiophene rings is 1. The fraction of sp³-hybridized carbons (Fsp3) is 0.467. The first-order chi connectivity index (χ1) is 8.84. The van der Waals surface area contributed by atoms with Crippen LogP contribution in [0, 0.1) is 5.92 Å². The molecule has 0 radical (unpaired) electrons. The molecule has 0 spiro atoms. The van der Waals surface area contributed by atoms with Gasteiger partial charge < -0.3 is 10.4 Å². The minimum absolute atomic E-state index is 0.212. The maximum atomic E-state index is 10.4. The lowest BCUT2D eigenvalue weighted by molar-refractivity contribution is 0.0925. The Morgan fingerprint density at radius 2 is 2.28 bits per heavy atom. The van der Waals surface area contributed by atoms with E-state index in [1.807, 2.05) is 0 Å². The van der Waals surface area contributed by atoms with E-state index in [0.29, 0.717) is 5.92 Å². The summed E-state index contributed by atoms with van der Waals surface area (Å²) in [5.41, 5.74) is 1.30. The molecule has 2 nitrogen and oxygen atoms in total. The van der Waals surface area contributed by atoms with E-state index >= 15 is 0 Å². The Balaban J connectivity index is 1.75. The molecule has 0 bridgehead atoms. The van der Waals surface area contributed by atoms with Gasteiger partial charge >= 0.3 is 0 Å². The van der Waals surface area contributed by atoms with Gasteiger partial charge in [0.1, 0.15) is 0 Å². The Labute approximate surface area is 112 Å². The molecule has 1 aromatic carbocycles. The molecule has 2 N–H and O–H groups in total. The second-order valence-corrected chi connectivity index (χ2v) is 6.05. The van der Waals surface area contributed by atoms with E-state index in [1.165, 1.54) is 22.1 Å². The zero-order valence-electron chi connectivity index (χ0n) is 10.4. The maximum Gasteiger partial charge on any atom is 0.0621 e. The molecule has 1 aliphatic heterocycles. The molecule has 3 rings (SSSR count). The first-order valence-corrected chi connectivity index (χ1v) is 7.56. The third-order valence-electron chi connectivity index (χ3n) is 3.87. The van der Waals surface area contributed by atoms with Crippen molar-refractivity contribution in [2.45, 2.75) is 25.4 Å². The normalized spacial score (nSPS) is 22.2. The molecule has 0 amide bonds. The van der Waals surface area contributed by atoms with Crippen molar-refractivity contribution in [1.82, 2.24) is 5.32 Å². The van der Waals surface area contributed by atoms with Crippen LogP contribution in [0.25, 0.3) is 10.1 Å². The maximum absolute atomic E-state index is 10.4. The molecule has 1 aliphatic rings. The van der Waals surface area contributed by atoms with Crippen molar-refractivity contribution >= 4 is 21.4 Å². The van der Waals surface area contributed by atoms with Crippen LogP contribution in [-0.2, 0) is 6.42 Å². The van der Waals surface area contributed by atoms with Gasteiger partial charge in [-0.3, -0.25) is 0 Å². The molecule has 0 aliphatic carbocycles. The average molecular weight is 261 g/mol. The van der Waals surface area contributed by atoms with Crippen LogP contribution in [0.3, 0.4) is 0 Å². The second kappa shape index (κ2) is 5.39. The zero-order valence-corrected chi connectivity index (χ0v) is 11.2. The molecule has 2 aromatic rings. The Hall–Kier alpha value is -0.900.